The molecule has 4 heteroatoms. The molecule has 3 aromatic rings. The molecule has 0 saturated carbocycles. The number of fused-ring (bicyclic) bond motifs is 1. The molecule has 114 valence electrons. The van der Waals surface area contributed by atoms with Crippen LogP contribution >= 0.6 is 11.6 Å². The quantitative estimate of drug-likeness (QED) is 0.683. The lowest BCUT2D eigenvalue weighted by molar-refractivity contribution is 0.748. The Morgan fingerprint density at radius 3 is 2.86 bits per heavy atom. The summed E-state index contributed by atoms with van der Waals surface area (Å²) in [5.74, 6) is 0. The second-order valence-corrected chi connectivity index (χ2v) is 6.04. The molecule has 0 aliphatic carbocycles. The Balaban J connectivity index is 2.15. The topological polar surface area (TPSA) is 54.7 Å². The van der Waals surface area contributed by atoms with E-state index < -0.39 is 0 Å². The highest BCUT2D eigenvalue weighted by molar-refractivity contribution is 6.33. The molecule has 0 unspecified atom stereocenters. The van der Waals surface area contributed by atoms with Crippen molar-refractivity contribution in [3.63, 3.8) is 0 Å². The number of aromatic nitrogens is 2. The van der Waals surface area contributed by atoms with Crippen molar-refractivity contribution in [2.75, 3.05) is 6.54 Å². The summed E-state index contributed by atoms with van der Waals surface area (Å²) in [6, 6.07) is 8.46. The molecule has 0 radical (unpaired) electrons. The molecule has 0 bridgehead atoms. The predicted octanol–water partition coefficient (Wildman–Crippen LogP) is 4.47. The predicted molar refractivity (Wildman–Crippen MR) is 93.3 cm³/mol. The summed E-state index contributed by atoms with van der Waals surface area (Å²) < 4.78 is 0. The van der Waals surface area contributed by atoms with E-state index in [4.69, 9.17) is 17.3 Å². The normalized spacial score (nSPS) is 11.2. The number of hydrogen-bond donors (Lipinski definition) is 2. The molecule has 0 amide bonds. The molecule has 0 atom stereocenters. The maximum absolute atomic E-state index is 6.35. The van der Waals surface area contributed by atoms with Gasteiger partial charge in [-0.25, -0.2) is 0 Å². The van der Waals surface area contributed by atoms with Gasteiger partial charge in [0.1, 0.15) is 0 Å². The summed E-state index contributed by atoms with van der Waals surface area (Å²) in [4.78, 5) is 7.61. The van der Waals surface area contributed by atoms with E-state index in [1.54, 1.807) is 12.4 Å². The average Bonchev–Trinajstić information content (AvgIpc) is 2.86. The van der Waals surface area contributed by atoms with Crippen molar-refractivity contribution in [3.05, 3.63) is 52.8 Å². The van der Waals surface area contributed by atoms with E-state index in [0.29, 0.717) is 5.02 Å². The molecule has 3 nitrogen and oxygen atoms in total. The van der Waals surface area contributed by atoms with Crippen molar-refractivity contribution in [1.29, 1.82) is 0 Å². The molecule has 1 aromatic carbocycles. The van der Waals surface area contributed by atoms with E-state index in [2.05, 4.69) is 35.1 Å². The van der Waals surface area contributed by atoms with E-state index in [9.17, 15) is 0 Å². The highest BCUT2D eigenvalue weighted by atomic mass is 35.5. The number of H-pyrrole nitrogens is 1. The fraction of sp³-hybridized carbons (Fsp3) is 0.278. The average molecular weight is 314 g/mol. The molecular formula is C18H20ClN3. The van der Waals surface area contributed by atoms with Crippen molar-refractivity contribution in [2.24, 2.45) is 5.73 Å². The number of nitrogens with two attached hydrogens (primary N) is 1. The second-order valence-electron chi connectivity index (χ2n) is 5.63. The number of benzene rings is 1. The number of halogens is 1. The zero-order valence-corrected chi connectivity index (χ0v) is 13.5. The van der Waals surface area contributed by atoms with Crippen LogP contribution in [0.2, 0.25) is 5.02 Å². The first-order chi connectivity index (χ1) is 10.7. The smallest absolute Gasteiger partial charge is 0.0682 e. The minimum Gasteiger partial charge on any atom is -0.354 e. The largest absolute Gasteiger partial charge is 0.354 e. The third-order valence-corrected chi connectivity index (χ3v) is 4.29. The molecule has 0 fully saturated rings. The van der Waals surface area contributed by atoms with E-state index >= 15 is 0 Å². The van der Waals surface area contributed by atoms with Gasteiger partial charge in [-0.1, -0.05) is 23.2 Å². The summed E-state index contributed by atoms with van der Waals surface area (Å²) in [7, 11) is 0. The Bertz CT molecular complexity index is 792. The highest BCUT2D eigenvalue weighted by Gasteiger charge is 2.15. The maximum Gasteiger partial charge on any atom is 0.0682 e. The monoisotopic (exact) mass is 313 g/mol. The van der Waals surface area contributed by atoms with Gasteiger partial charge in [0.05, 0.1) is 10.7 Å². The molecule has 0 aliphatic rings. The fourth-order valence-electron chi connectivity index (χ4n) is 2.88. The van der Waals surface area contributed by atoms with E-state index in [0.717, 1.165) is 42.6 Å². The lowest BCUT2D eigenvalue weighted by Gasteiger charge is -2.06. The van der Waals surface area contributed by atoms with Crippen molar-refractivity contribution in [2.45, 2.75) is 26.2 Å². The van der Waals surface area contributed by atoms with Crippen LogP contribution in [0.25, 0.3) is 22.2 Å². The van der Waals surface area contributed by atoms with Crippen LogP contribution in [0.5, 0.6) is 0 Å². The first-order valence-electron chi connectivity index (χ1n) is 7.62. The molecule has 3 rings (SSSR count). The summed E-state index contributed by atoms with van der Waals surface area (Å²) in [6.07, 6.45) is 6.57. The Morgan fingerprint density at radius 1 is 1.23 bits per heavy atom. The molecule has 2 heterocycles. The summed E-state index contributed by atoms with van der Waals surface area (Å²) in [5.41, 5.74) is 11.5. The van der Waals surface area contributed by atoms with Crippen molar-refractivity contribution in [3.8, 4) is 11.3 Å². The third-order valence-electron chi connectivity index (χ3n) is 3.98. The van der Waals surface area contributed by atoms with Crippen LogP contribution in [0.4, 0.5) is 0 Å². The first-order valence-corrected chi connectivity index (χ1v) is 7.99. The molecule has 3 N–H and O–H groups in total. The summed E-state index contributed by atoms with van der Waals surface area (Å²) >= 11 is 6.35. The zero-order chi connectivity index (χ0) is 15.5. The fourth-order valence-corrected chi connectivity index (χ4v) is 3.09. The van der Waals surface area contributed by atoms with Gasteiger partial charge < -0.3 is 10.7 Å². The number of nitrogens with zero attached hydrogens (tertiary/aromatic N) is 1. The zero-order valence-electron chi connectivity index (χ0n) is 12.7. The lowest BCUT2D eigenvalue weighted by Crippen LogP contribution is -1.99. The van der Waals surface area contributed by atoms with Crippen LogP contribution in [-0.4, -0.2) is 16.5 Å². The van der Waals surface area contributed by atoms with E-state index in [1.807, 2.05) is 6.07 Å². The van der Waals surface area contributed by atoms with Gasteiger partial charge in [0.15, 0.2) is 0 Å². The van der Waals surface area contributed by atoms with Crippen LogP contribution in [0.15, 0.2) is 36.7 Å². The molecule has 2 aromatic heterocycles. The molecule has 0 saturated heterocycles. The van der Waals surface area contributed by atoms with E-state index in [1.165, 1.54) is 16.5 Å². The standard InChI is InChI=1S/C18H20ClN3/c1-12-5-6-17-15(10-12)13(4-2-3-8-20)18(22-17)14-7-9-21-11-16(14)19/h5-7,9-11,22H,2-4,8,20H2,1H3. The van der Waals surface area contributed by atoms with Gasteiger partial charge in [-0.05, 0) is 56.5 Å². The molecule has 0 aliphatic heterocycles. The van der Waals surface area contributed by atoms with Crippen LogP contribution < -0.4 is 5.73 Å². The van der Waals surface area contributed by atoms with Crippen LogP contribution in [0.1, 0.15) is 24.0 Å². The minimum atomic E-state index is 0.672. The molecule has 22 heavy (non-hydrogen) atoms. The van der Waals surface area contributed by atoms with Crippen molar-refractivity contribution in [1.82, 2.24) is 9.97 Å². The Labute approximate surface area is 135 Å². The SMILES string of the molecule is Cc1ccc2[nH]c(-c3ccncc3Cl)c(CCCCN)c2c1. The number of aryl methyl sites for hydroxylation is 2. The number of aromatic amines is 1. The van der Waals surface area contributed by atoms with Gasteiger partial charge >= 0.3 is 0 Å². The lowest BCUT2D eigenvalue weighted by atomic mass is 10.00. The summed E-state index contributed by atoms with van der Waals surface area (Å²) in [6.45, 7) is 2.85. The van der Waals surface area contributed by atoms with Gasteiger partial charge in [0, 0.05) is 28.9 Å². The summed E-state index contributed by atoms with van der Waals surface area (Å²) in [5, 5.41) is 1.95. The molecular weight excluding hydrogens is 294 g/mol. The van der Waals surface area contributed by atoms with Crippen LogP contribution in [-0.2, 0) is 6.42 Å². The number of rotatable bonds is 5. The maximum atomic E-state index is 6.35. The number of nitrogens with one attached hydrogen (secondary N) is 1. The third kappa shape index (κ3) is 2.87. The van der Waals surface area contributed by atoms with Gasteiger partial charge in [-0.2, -0.15) is 0 Å². The van der Waals surface area contributed by atoms with Crippen LogP contribution in [0, 0.1) is 6.92 Å². The van der Waals surface area contributed by atoms with Gasteiger partial charge in [0.2, 0.25) is 0 Å². The number of pyridine rings is 1. The highest BCUT2D eigenvalue weighted by Crippen LogP contribution is 2.35. The number of unbranched alkanes of at least 4 members (excludes halogenated alkanes) is 1. The van der Waals surface area contributed by atoms with Gasteiger partial charge in [-0.3, -0.25) is 4.98 Å². The Hall–Kier alpha value is -1.84. The van der Waals surface area contributed by atoms with Gasteiger partial charge in [-0.15, -0.1) is 0 Å². The second kappa shape index (κ2) is 6.51. The Morgan fingerprint density at radius 2 is 2.09 bits per heavy atom. The molecule has 0 spiro atoms. The minimum absolute atomic E-state index is 0.672. The number of hydrogen-bond acceptors (Lipinski definition) is 2. The van der Waals surface area contributed by atoms with Crippen molar-refractivity contribution < 1.29 is 0 Å². The van der Waals surface area contributed by atoms with Crippen LogP contribution in [0.3, 0.4) is 0 Å². The van der Waals surface area contributed by atoms with Gasteiger partial charge in [0.25, 0.3) is 0 Å². The Kier molecular flexibility index (Phi) is 4.46. The first kappa shape index (κ1) is 15.1. The van der Waals surface area contributed by atoms with E-state index in [-0.39, 0.29) is 0 Å². The van der Waals surface area contributed by atoms with Crippen molar-refractivity contribution >= 4 is 22.5 Å².